The maximum Gasteiger partial charge on any atom is 0.416 e. The lowest BCUT2D eigenvalue weighted by Crippen LogP contribution is -2.03. The number of nitrogens with zero attached hydrogens (tertiary/aromatic N) is 1. The average molecular weight is 293 g/mol. The number of alkyl halides is 3. The van der Waals surface area contributed by atoms with Crippen molar-refractivity contribution in [2.24, 2.45) is 0 Å². The lowest BCUT2D eigenvalue weighted by molar-refractivity contribution is -0.384. The van der Waals surface area contributed by atoms with Gasteiger partial charge in [-0.2, -0.15) is 13.2 Å². The van der Waals surface area contributed by atoms with Crippen LogP contribution in [0.15, 0.2) is 48.5 Å². The molecule has 0 N–H and O–H groups in total. The highest BCUT2D eigenvalue weighted by molar-refractivity contribution is 5.70. The smallest absolute Gasteiger partial charge is 0.258 e. The molecular formula is C15H10F3NO2. The summed E-state index contributed by atoms with van der Waals surface area (Å²) < 4.78 is 37.2. The van der Waals surface area contributed by atoms with E-state index >= 15 is 0 Å². The maximum absolute atomic E-state index is 12.4. The molecule has 0 radical (unpaired) electrons. The molecule has 0 unspecified atom stereocenters. The van der Waals surface area contributed by atoms with Crippen molar-refractivity contribution in [1.29, 1.82) is 0 Å². The van der Waals surface area contributed by atoms with E-state index in [9.17, 15) is 23.3 Å². The van der Waals surface area contributed by atoms with Crippen LogP contribution in [-0.4, -0.2) is 4.92 Å². The summed E-state index contributed by atoms with van der Waals surface area (Å²) in [6, 6.07) is 10.6. The Hall–Kier alpha value is -2.63. The van der Waals surface area contributed by atoms with Crippen LogP contribution in [0.3, 0.4) is 0 Å². The first kappa shape index (κ1) is 14.8. The Bertz CT molecular complexity index is 659. The molecule has 6 heteroatoms. The second kappa shape index (κ2) is 5.78. The molecule has 2 rings (SSSR count). The van der Waals surface area contributed by atoms with Gasteiger partial charge in [0.15, 0.2) is 0 Å². The number of hydrogen-bond donors (Lipinski definition) is 0. The average Bonchev–Trinajstić information content (AvgIpc) is 2.45. The predicted molar refractivity (Wildman–Crippen MR) is 73.5 cm³/mol. The number of benzene rings is 2. The third-order valence-electron chi connectivity index (χ3n) is 2.81. The van der Waals surface area contributed by atoms with Crippen LogP contribution in [-0.2, 0) is 6.18 Å². The minimum Gasteiger partial charge on any atom is -0.258 e. The summed E-state index contributed by atoms with van der Waals surface area (Å²) in [6.07, 6.45) is -1.03. The van der Waals surface area contributed by atoms with Gasteiger partial charge in [-0.3, -0.25) is 10.1 Å². The molecule has 0 aromatic heterocycles. The Labute approximate surface area is 118 Å². The van der Waals surface area contributed by atoms with Gasteiger partial charge >= 0.3 is 6.18 Å². The lowest BCUT2D eigenvalue weighted by Gasteiger charge is -2.05. The molecule has 0 spiro atoms. The fraction of sp³-hybridized carbons (Fsp3) is 0.0667. The van der Waals surface area contributed by atoms with Crippen LogP contribution in [0, 0.1) is 10.1 Å². The second-order valence-electron chi connectivity index (χ2n) is 4.30. The van der Waals surface area contributed by atoms with Crippen LogP contribution in [0.1, 0.15) is 16.7 Å². The van der Waals surface area contributed by atoms with Crippen molar-refractivity contribution in [1.82, 2.24) is 0 Å². The number of hydrogen-bond acceptors (Lipinski definition) is 2. The Kier molecular flexibility index (Phi) is 4.07. The summed E-state index contributed by atoms with van der Waals surface area (Å²) in [5, 5.41) is 10.5. The van der Waals surface area contributed by atoms with Crippen LogP contribution in [0.5, 0.6) is 0 Å². The van der Waals surface area contributed by atoms with Crippen molar-refractivity contribution in [3.05, 3.63) is 75.3 Å². The molecule has 0 heterocycles. The fourth-order valence-electron chi connectivity index (χ4n) is 1.68. The molecule has 0 saturated carbocycles. The number of nitro benzene ring substituents is 1. The zero-order chi connectivity index (χ0) is 15.5. The van der Waals surface area contributed by atoms with E-state index < -0.39 is 16.7 Å². The minimum atomic E-state index is -4.35. The van der Waals surface area contributed by atoms with E-state index in [0.29, 0.717) is 5.56 Å². The van der Waals surface area contributed by atoms with Gasteiger partial charge in [-0.15, -0.1) is 0 Å². The van der Waals surface area contributed by atoms with Crippen LogP contribution >= 0.6 is 0 Å². The number of nitro groups is 1. The standard InChI is InChI=1S/C15H10F3NO2/c16-15(17,18)13-7-3-11(4-8-13)1-2-12-5-9-14(10-6-12)19(20)21/h1-10H. The van der Waals surface area contributed by atoms with Gasteiger partial charge in [-0.05, 0) is 35.4 Å². The van der Waals surface area contributed by atoms with E-state index in [0.717, 1.165) is 17.7 Å². The molecule has 2 aromatic rings. The molecule has 2 aromatic carbocycles. The molecule has 0 saturated heterocycles. The molecule has 3 nitrogen and oxygen atoms in total. The first-order valence-electron chi connectivity index (χ1n) is 5.96. The van der Waals surface area contributed by atoms with Gasteiger partial charge in [0.25, 0.3) is 5.69 Å². The van der Waals surface area contributed by atoms with E-state index in [2.05, 4.69) is 0 Å². The lowest BCUT2D eigenvalue weighted by atomic mass is 10.1. The summed E-state index contributed by atoms with van der Waals surface area (Å²) in [4.78, 5) is 10.0. The van der Waals surface area contributed by atoms with Crippen molar-refractivity contribution in [2.75, 3.05) is 0 Å². The molecule has 0 atom stereocenters. The van der Waals surface area contributed by atoms with Gasteiger partial charge in [0, 0.05) is 12.1 Å². The molecular weight excluding hydrogens is 283 g/mol. The van der Waals surface area contributed by atoms with E-state index in [-0.39, 0.29) is 5.69 Å². The summed E-state index contributed by atoms with van der Waals surface area (Å²) in [6.45, 7) is 0. The summed E-state index contributed by atoms with van der Waals surface area (Å²) in [7, 11) is 0. The Morgan fingerprint density at radius 3 is 1.67 bits per heavy atom. The molecule has 0 bridgehead atoms. The highest BCUT2D eigenvalue weighted by atomic mass is 19.4. The van der Waals surface area contributed by atoms with Crippen LogP contribution in [0.2, 0.25) is 0 Å². The molecule has 0 amide bonds. The molecule has 0 aliphatic carbocycles. The van der Waals surface area contributed by atoms with E-state index in [1.807, 2.05) is 0 Å². The third-order valence-corrected chi connectivity index (χ3v) is 2.81. The Balaban J connectivity index is 2.12. The second-order valence-corrected chi connectivity index (χ2v) is 4.30. The van der Waals surface area contributed by atoms with Gasteiger partial charge in [0.2, 0.25) is 0 Å². The monoisotopic (exact) mass is 293 g/mol. The predicted octanol–water partition coefficient (Wildman–Crippen LogP) is 4.78. The summed E-state index contributed by atoms with van der Waals surface area (Å²) in [5.74, 6) is 0. The van der Waals surface area contributed by atoms with Crippen molar-refractivity contribution >= 4 is 17.8 Å². The normalized spacial score (nSPS) is 11.8. The summed E-state index contributed by atoms with van der Waals surface area (Å²) >= 11 is 0. The van der Waals surface area contributed by atoms with Crippen molar-refractivity contribution < 1.29 is 18.1 Å². The van der Waals surface area contributed by atoms with Crippen LogP contribution in [0.4, 0.5) is 18.9 Å². The topological polar surface area (TPSA) is 43.1 Å². The first-order chi connectivity index (χ1) is 9.86. The van der Waals surface area contributed by atoms with Crippen molar-refractivity contribution in [2.45, 2.75) is 6.18 Å². The van der Waals surface area contributed by atoms with Crippen LogP contribution in [0.25, 0.3) is 12.2 Å². The minimum absolute atomic E-state index is 0.0123. The quantitative estimate of drug-likeness (QED) is 0.464. The van der Waals surface area contributed by atoms with Gasteiger partial charge in [0.05, 0.1) is 10.5 Å². The Morgan fingerprint density at radius 2 is 1.29 bits per heavy atom. The highest BCUT2D eigenvalue weighted by Crippen LogP contribution is 2.29. The van der Waals surface area contributed by atoms with Gasteiger partial charge in [-0.1, -0.05) is 24.3 Å². The molecule has 108 valence electrons. The van der Waals surface area contributed by atoms with Crippen molar-refractivity contribution in [3.8, 4) is 0 Å². The molecule has 21 heavy (non-hydrogen) atoms. The van der Waals surface area contributed by atoms with Gasteiger partial charge in [-0.25, -0.2) is 0 Å². The van der Waals surface area contributed by atoms with E-state index in [1.165, 1.54) is 24.3 Å². The number of rotatable bonds is 3. The first-order valence-corrected chi connectivity index (χ1v) is 5.96. The molecule has 0 aliphatic heterocycles. The molecule has 0 aliphatic rings. The fourth-order valence-corrected chi connectivity index (χ4v) is 1.68. The van der Waals surface area contributed by atoms with Crippen molar-refractivity contribution in [3.63, 3.8) is 0 Å². The van der Waals surface area contributed by atoms with E-state index in [4.69, 9.17) is 0 Å². The zero-order valence-electron chi connectivity index (χ0n) is 10.7. The number of non-ortho nitro benzene ring substituents is 1. The highest BCUT2D eigenvalue weighted by Gasteiger charge is 2.29. The van der Waals surface area contributed by atoms with E-state index in [1.54, 1.807) is 24.3 Å². The largest absolute Gasteiger partial charge is 0.416 e. The zero-order valence-corrected chi connectivity index (χ0v) is 10.7. The SMILES string of the molecule is O=[N+]([O-])c1ccc(C=Cc2ccc(C(F)(F)F)cc2)cc1. The summed E-state index contributed by atoms with van der Waals surface area (Å²) in [5.41, 5.74) is 0.624. The third kappa shape index (κ3) is 3.92. The molecule has 0 fully saturated rings. The van der Waals surface area contributed by atoms with Crippen LogP contribution < -0.4 is 0 Å². The van der Waals surface area contributed by atoms with Gasteiger partial charge < -0.3 is 0 Å². The van der Waals surface area contributed by atoms with Gasteiger partial charge in [0.1, 0.15) is 0 Å². The maximum atomic E-state index is 12.4. The Morgan fingerprint density at radius 1 is 0.857 bits per heavy atom. The number of halogens is 3.